The molecule has 0 aliphatic rings. The molecule has 0 saturated carbocycles. The first-order valence-electron chi connectivity index (χ1n) is 5.31. The number of benzene rings is 1. The fraction of sp³-hybridized carbons (Fsp3) is 0.154. The molecule has 0 atom stereocenters. The lowest BCUT2D eigenvalue weighted by atomic mass is 10.2. The van der Waals surface area contributed by atoms with Gasteiger partial charge in [-0.15, -0.1) is 0 Å². The van der Waals surface area contributed by atoms with Crippen LogP contribution in [0.2, 0.25) is 0 Å². The van der Waals surface area contributed by atoms with Gasteiger partial charge in [-0.1, -0.05) is 12.1 Å². The SMILES string of the molecule is NCc1ncccc1COc1cccc(F)c1. The molecule has 0 radical (unpaired) electrons. The zero-order valence-corrected chi connectivity index (χ0v) is 9.27. The average Bonchev–Trinajstić information content (AvgIpc) is 2.37. The summed E-state index contributed by atoms with van der Waals surface area (Å²) in [7, 11) is 0. The molecule has 1 heterocycles. The van der Waals surface area contributed by atoms with Crippen molar-refractivity contribution in [2.24, 2.45) is 5.73 Å². The summed E-state index contributed by atoms with van der Waals surface area (Å²) in [6, 6.07) is 9.76. The van der Waals surface area contributed by atoms with Gasteiger partial charge in [0.2, 0.25) is 0 Å². The number of nitrogens with zero attached hydrogens (tertiary/aromatic N) is 1. The molecule has 0 bridgehead atoms. The Hall–Kier alpha value is -1.94. The number of halogens is 1. The van der Waals surface area contributed by atoms with E-state index in [2.05, 4.69) is 4.98 Å². The topological polar surface area (TPSA) is 48.1 Å². The monoisotopic (exact) mass is 232 g/mol. The van der Waals surface area contributed by atoms with Crippen molar-refractivity contribution in [1.82, 2.24) is 4.98 Å². The molecule has 2 aromatic rings. The first kappa shape index (κ1) is 11.5. The van der Waals surface area contributed by atoms with E-state index in [-0.39, 0.29) is 5.82 Å². The molecule has 0 saturated heterocycles. The molecule has 0 aliphatic carbocycles. The van der Waals surface area contributed by atoms with E-state index in [9.17, 15) is 4.39 Å². The van der Waals surface area contributed by atoms with E-state index in [1.807, 2.05) is 12.1 Å². The van der Waals surface area contributed by atoms with E-state index in [1.165, 1.54) is 12.1 Å². The highest BCUT2D eigenvalue weighted by atomic mass is 19.1. The van der Waals surface area contributed by atoms with Crippen LogP contribution < -0.4 is 10.5 Å². The summed E-state index contributed by atoms with van der Waals surface area (Å²) in [4.78, 5) is 4.15. The molecule has 0 unspecified atom stereocenters. The highest BCUT2D eigenvalue weighted by molar-refractivity contribution is 5.24. The first-order chi connectivity index (χ1) is 8.29. The van der Waals surface area contributed by atoms with Crippen molar-refractivity contribution in [3.63, 3.8) is 0 Å². The predicted octanol–water partition coefficient (Wildman–Crippen LogP) is 2.26. The summed E-state index contributed by atoms with van der Waals surface area (Å²) in [5.74, 6) is 0.185. The van der Waals surface area contributed by atoms with Crippen LogP contribution in [0.4, 0.5) is 4.39 Å². The quantitative estimate of drug-likeness (QED) is 0.879. The lowest BCUT2D eigenvalue weighted by Gasteiger charge is -2.08. The minimum Gasteiger partial charge on any atom is -0.489 e. The first-order valence-corrected chi connectivity index (χ1v) is 5.31. The second-order valence-corrected chi connectivity index (χ2v) is 3.56. The Morgan fingerprint density at radius 2 is 2.12 bits per heavy atom. The molecular formula is C13H13FN2O. The maximum atomic E-state index is 12.9. The second kappa shape index (κ2) is 5.41. The van der Waals surface area contributed by atoms with Gasteiger partial charge in [0, 0.05) is 24.4 Å². The Labute approximate surface area is 99.1 Å². The van der Waals surface area contributed by atoms with Crippen molar-refractivity contribution in [2.45, 2.75) is 13.2 Å². The standard InChI is InChI=1S/C13H13FN2O/c14-11-4-1-5-12(7-11)17-9-10-3-2-6-16-13(10)8-15/h1-7H,8-9,15H2. The summed E-state index contributed by atoms with van der Waals surface area (Å²) in [5, 5.41) is 0. The molecule has 2 rings (SSSR count). The third kappa shape index (κ3) is 3.01. The number of rotatable bonds is 4. The number of nitrogens with two attached hydrogens (primary N) is 1. The molecule has 0 amide bonds. The lowest BCUT2D eigenvalue weighted by molar-refractivity contribution is 0.302. The van der Waals surface area contributed by atoms with Gasteiger partial charge in [-0.2, -0.15) is 0 Å². The lowest BCUT2D eigenvalue weighted by Crippen LogP contribution is -2.06. The third-order valence-electron chi connectivity index (χ3n) is 2.37. The van der Waals surface area contributed by atoms with Crippen molar-refractivity contribution < 1.29 is 9.13 Å². The van der Waals surface area contributed by atoms with Crippen LogP contribution in [0.25, 0.3) is 0 Å². The van der Waals surface area contributed by atoms with Gasteiger partial charge in [0.15, 0.2) is 0 Å². The fourth-order valence-corrected chi connectivity index (χ4v) is 1.50. The summed E-state index contributed by atoms with van der Waals surface area (Å²) in [5.41, 5.74) is 7.28. The summed E-state index contributed by atoms with van der Waals surface area (Å²) in [6.45, 7) is 0.701. The number of hydrogen-bond donors (Lipinski definition) is 1. The summed E-state index contributed by atoms with van der Waals surface area (Å²) in [6.07, 6.45) is 1.69. The van der Waals surface area contributed by atoms with E-state index in [0.29, 0.717) is 18.9 Å². The Bertz CT molecular complexity index is 502. The van der Waals surface area contributed by atoms with Crippen LogP contribution in [0.3, 0.4) is 0 Å². The normalized spacial score (nSPS) is 10.2. The summed E-state index contributed by atoms with van der Waals surface area (Å²) >= 11 is 0. The number of ether oxygens (including phenoxy) is 1. The van der Waals surface area contributed by atoms with Gasteiger partial charge in [0.25, 0.3) is 0 Å². The van der Waals surface area contributed by atoms with Crippen LogP contribution in [0, 0.1) is 5.82 Å². The van der Waals surface area contributed by atoms with Crippen LogP contribution >= 0.6 is 0 Å². The maximum Gasteiger partial charge on any atom is 0.126 e. The molecule has 0 spiro atoms. The average molecular weight is 232 g/mol. The van der Waals surface area contributed by atoms with Gasteiger partial charge < -0.3 is 10.5 Å². The van der Waals surface area contributed by atoms with Crippen molar-refractivity contribution in [3.8, 4) is 5.75 Å². The molecule has 1 aromatic carbocycles. The number of hydrogen-bond acceptors (Lipinski definition) is 3. The zero-order chi connectivity index (χ0) is 12.1. The largest absolute Gasteiger partial charge is 0.489 e. The molecular weight excluding hydrogens is 219 g/mol. The van der Waals surface area contributed by atoms with Gasteiger partial charge in [-0.3, -0.25) is 4.98 Å². The highest BCUT2D eigenvalue weighted by Gasteiger charge is 2.02. The van der Waals surface area contributed by atoms with Crippen LogP contribution in [-0.2, 0) is 13.2 Å². The molecule has 17 heavy (non-hydrogen) atoms. The van der Waals surface area contributed by atoms with Crippen molar-refractivity contribution >= 4 is 0 Å². The molecule has 4 heteroatoms. The van der Waals surface area contributed by atoms with Crippen LogP contribution in [0.1, 0.15) is 11.3 Å². The molecule has 2 N–H and O–H groups in total. The fourth-order valence-electron chi connectivity index (χ4n) is 1.50. The Morgan fingerprint density at radius 1 is 1.24 bits per heavy atom. The number of aromatic nitrogens is 1. The van der Waals surface area contributed by atoms with Gasteiger partial charge in [-0.25, -0.2) is 4.39 Å². The number of pyridine rings is 1. The Kier molecular flexibility index (Phi) is 3.67. The van der Waals surface area contributed by atoms with Gasteiger partial charge in [0.1, 0.15) is 18.2 Å². The van der Waals surface area contributed by atoms with Crippen molar-refractivity contribution in [2.75, 3.05) is 0 Å². The van der Waals surface area contributed by atoms with Crippen LogP contribution in [0.5, 0.6) is 5.75 Å². The van der Waals surface area contributed by atoms with E-state index >= 15 is 0 Å². The molecule has 1 aromatic heterocycles. The molecule has 0 aliphatic heterocycles. The summed E-state index contributed by atoms with van der Waals surface area (Å²) < 4.78 is 18.4. The van der Waals surface area contributed by atoms with Crippen molar-refractivity contribution in [3.05, 3.63) is 59.7 Å². The second-order valence-electron chi connectivity index (χ2n) is 3.56. The van der Waals surface area contributed by atoms with E-state index in [4.69, 9.17) is 10.5 Å². The Balaban J connectivity index is 2.07. The van der Waals surface area contributed by atoms with Gasteiger partial charge in [0.05, 0.1) is 5.69 Å². The van der Waals surface area contributed by atoms with E-state index < -0.39 is 0 Å². The van der Waals surface area contributed by atoms with E-state index in [0.717, 1.165) is 11.3 Å². The van der Waals surface area contributed by atoms with Crippen LogP contribution in [-0.4, -0.2) is 4.98 Å². The highest BCUT2D eigenvalue weighted by Crippen LogP contribution is 2.15. The van der Waals surface area contributed by atoms with Crippen molar-refractivity contribution in [1.29, 1.82) is 0 Å². The molecule has 88 valence electrons. The Morgan fingerprint density at radius 3 is 2.88 bits per heavy atom. The van der Waals surface area contributed by atoms with E-state index in [1.54, 1.807) is 18.3 Å². The maximum absolute atomic E-state index is 12.9. The molecule has 0 fully saturated rings. The van der Waals surface area contributed by atoms with Gasteiger partial charge >= 0.3 is 0 Å². The minimum absolute atomic E-state index is 0.312. The van der Waals surface area contributed by atoms with Gasteiger partial charge in [-0.05, 0) is 18.2 Å². The predicted molar refractivity (Wildman–Crippen MR) is 62.9 cm³/mol. The third-order valence-corrected chi connectivity index (χ3v) is 2.37. The smallest absolute Gasteiger partial charge is 0.126 e. The zero-order valence-electron chi connectivity index (χ0n) is 9.27. The molecule has 3 nitrogen and oxygen atoms in total. The minimum atomic E-state index is -0.312. The van der Waals surface area contributed by atoms with Crippen LogP contribution in [0.15, 0.2) is 42.6 Å².